The van der Waals surface area contributed by atoms with Gasteiger partial charge in [0.05, 0.1) is 0 Å². The molecule has 0 aromatic heterocycles. The predicted molar refractivity (Wildman–Crippen MR) is 439 cm³/mol. The number of fused-ring (bicyclic) bond motifs is 12. The SMILES string of the molecule is Cc1cc2c3cc(C)cc4c5cc(-c6cc7c8cc(C)cc9c%10cc(C)cc%11c%12cc(CCC(N)=O)cc%13c%14cc(C)cc%15c%16cc(C)cc%17c(c6)c7c6c(c98)c(c%10%11)c(c%12%13)c(c%15%14)c6c%16%17)cc6c7cc(C)cc8c9cc(C)cc%10c%11cc(CCC(N)=O)cc%12c(c1)c2c1c(c34)c(c56)c(c87)c(c9%10)c1c%12%11. The van der Waals surface area contributed by atoms with Gasteiger partial charge in [0.2, 0.25) is 11.8 Å². The van der Waals surface area contributed by atoms with Gasteiger partial charge in [0.15, 0.2) is 0 Å². The van der Waals surface area contributed by atoms with Crippen molar-refractivity contribution in [2.75, 3.05) is 0 Å². The Labute approximate surface area is 581 Å². The van der Waals surface area contributed by atoms with Crippen LogP contribution >= 0.6 is 0 Å². The van der Waals surface area contributed by atoms with Crippen molar-refractivity contribution >= 4 is 270 Å². The number of benzene rings is 26. The second-order valence-electron chi connectivity index (χ2n) is 32.3. The molecule has 0 fully saturated rings. The van der Waals surface area contributed by atoms with Crippen molar-refractivity contribution in [1.29, 1.82) is 0 Å². The number of nitrogens with two attached hydrogens (primary N) is 2. The fraction of sp³-hybridized carbons (Fsp3) is 0.122. The molecule has 26 rings (SSSR count). The van der Waals surface area contributed by atoms with Gasteiger partial charge < -0.3 is 11.5 Å². The zero-order chi connectivity index (χ0) is 67.6. The molecular formula is C98H60N2O2. The summed E-state index contributed by atoms with van der Waals surface area (Å²) in [5, 5.41) is 63.9. The van der Waals surface area contributed by atoms with E-state index in [0.29, 0.717) is 25.7 Å². The van der Waals surface area contributed by atoms with Crippen LogP contribution in [0.1, 0.15) is 68.5 Å². The Hall–Kier alpha value is -12.0. The molecule has 0 unspecified atom stereocenters. The third-order valence-corrected chi connectivity index (χ3v) is 26.1. The van der Waals surface area contributed by atoms with Crippen LogP contribution < -0.4 is 11.5 Å². The molecule has 26 aromatic rings. The maximum absolute atomic E-state index is 12.6. The molecule has 0 spiro atoms. The Morgan fingerprint density at radius 1 is 0.186 bits per heavy atom. The number of hydrogen-bond donors (Lipinski definition) is 2. The lowest BCUT2D eigenvalue weighted by Gasteiger charge is -2.30. The van der Waals surface area contributed by atoms with Crippen molar-refractivity contribution in [3.8, 4) is 11.1 Å². The molecule has 0 aliphatic carbocycles. The van der Waals surface area contributed by atoms with Gasteiger partial charge in [-0.05, 0) is 418 Å². The minimum absolute atomic E-state index is 0.276. The van der Waals surface area contributed by atoms with E-state index in [-0.39, 0.29) is 11.8 Å². The highest BCUT2D eigenvalue weighted by molar-refractivity contribution is 6.64. The summed E-state index contributed by atoms with van der Waals surface area (Å²) >= 11 is 0. The molecule has 0 bridgehead atoms. The number of aryl methyl sites for hydroxylation is 10. The molecule has 0 aliphatic rings. The first kappa shape index (κ1) is 53.9. The van der Waals surface area contributed by atoms with Gasteiger partial charge >= 0.3 is 0 Å². The maximum Gasteiger partial charge on any atom is 0.217 e. The number of carbonyl (C=O) groups is 2. The zero-order valence-electron chi connectivity index (χ0n) is 57.7. The fourth-order valence-electron chi connectivity index (χ4n) is 23.0. The van der Waals surface area contributed by atoms with E-state index < -0.39 is 0 Å². The van der Waals surface area contributed by atoms with Gasteiger partial charge in [0.25, 0.3) is 0 Å². The average molecular weight is 1300 g/mol. The highest BCUT2D eigenvalue weighted by Crippen LogP contribution is 2.65. The van der Waals surface area contributed by atoms with Crippen molar-refractivity contribution in [3.63, 3.8) is 0 Å². The highest BCUT2D eigenvalue weighted by Gasteiger charge is 2.36. The molecule has 0 aliphatic heterocycles. The molecule has 474 valence electrons. The third kappa shape index (κ3) is 5.83. The summed E-state index contributed by atoms with van der Waals surface area (Å²) in [6.07, 6.45) is 1.77. The van der Waals surface area contributed by atoms with Gasteiger partial charge in [-0.1, -0.05) is 121 Å². The maximum atomic E-state index is 12.6. The Balaban J connectivity index is 0.884. The van der Waals surface area contributed by atoms with Crippen LogP contribution in [0.25, 0.3) is 270 Å². The molecule has 0 atom stereocenters. The Bertz CT molecular complexity index is 7550. The van der Waals surface area contributed by atoms with Crippen molar-refractivity contribution in [2.24, 2.45) is 11.5 Å². The van der Waals surface area contributed by atoms with Gasteiger partial charge in [-0.25, -0.2) is 0 Å². The van der Waals surface area contributed by atoms with Crippen LogP contribution in [0.15, 0.2) is 146 Å². The van der Waals surface area contributed by atoms with Crippen LogP contribution in [-0.2, 0) is 22.4 Å². The molecule has 0 saturated heterocycles. The Morgan fingerprint density at radius 2 is 0.304 bits per heavy atom. The van der Waals surface area contributed by atoms with E-state index in [0.717, 1.165) is 11.1 Å². The average Bonchev–Trinajstić information content (AvgIpc) is 0.647. The van der Waals surface area contributed by atoms with Crippen molar-refractivity contribution in [3.05, 3.63) is 201 Å². The number of primary amides is 2. The first-order chi connectivity index (χ1) is 49.5. The number of carbonyl (C=O) groups excluding carboxylic acids is 2. The fourth-order valence-corrected chi connectivity index (χ4v) is 23.0. The molecule has 0 radical (unpaired) electrons. The van der Waals surface area contributed by atoms with E-state index in [9.17, 15) is 9.59 Å². The lowest BCUT2D eigenvalue weighted by Crippen LogP contribution is -2.11. The molecule has 4 N–H and O–H groups in total. The molecule has 4 nitrogen and oxygen atoms in total. The van der Waals surface area contributed by atoms with Crippen LogP contribution in [0.5, 0.6) is 0 Å². The van der Waals surface area contributed by atoms with Crippen LogP contribution in [0.4, 0.5) is 0 Å². The standard InChI is InChI=1S/C98H60N2O2/c1-37-13-49-53-17-41(5)25-61-69-33-47(34-70-62-26-42(6)18-54-50-14-38(2)22-58-66-30-45(9-11-73(99)101)29-65-57(21-37)75(49)87-91(79(53)61)97(85(69)70)92(80(54)62)88(76(50)58)95(87)83(65)66)48-35-71-63-27-43(7)19-55-51-15-39(3)23-59-67-31-46(10-12-74(100)102)32-68-60-24-40(4)16-52-56-20-44(8)28-64-72(36-48)86(71)98-93(81(55)63)89(77(51)59)96(84(67)68)90(78(52)60)94(98)82(56)64/h13-36H,9-12H2,1-8H3,(H2,99,101)(H2,100,102). The van der Waals surface area contributed by atoms with E-state index in [1.165, 1.54) is 314 Å². The minimum atomic E-state index is -0.276. The number of rotatable bonds is 7. The van der Waals surface area contributed by atoms with E-state index in [2.05, 4.69) is 201 Å². The summed E-state index contributed by atoms with van der Waals surface area (Å²) in [7, 11) is 0. The topological polar surface area (TPSA) is 86.2 Å². The van der Waals surface area contributed by atoms with Gasteiger partial charge in [-0.3, -0.25) is 9.59 Å². The van der Waals surface area contributed by atoms with Gasteiger partial charge in [-0.15, -0.1) is 0 Å². The monoisotopic (exact) mass is 1300 g/mol. The van der Waals surface area contributed by atoms with E-state index in [1.54, 1.807) is 0 Å². The smallest absolute Gasteiger partial charge is 0.217 e. The summed E-state index contributed by atoms with van der Waals surface area (Å²) in [5.74, 6) is -0.551. The second kappa shape index (κ2) is 16.9. The molecule has 0 heterocycles. The quantitative estimate of drug-likeness (QED) is 0.123. The molecular weight excluding hydrogens is 1240 g/mol. The van der Waals surface area contributed by atoms with Crippen molar-refractivity contribution in [1.82, 2.24) is 0 Å². The highest BCUT2D eigenvalue weighted by atomic mass is 16.1. The van der Waals surface area contributed by atoms with Crippen LogP contribution in [0.2, 0.25) is 0 Å². The minimum Gasteiger partial charge on any atom is -0.370 e. The first-order valence-corrected chi connectivity index (χ1v) is 36.5. The molecule has 2 amide bonds. The molecule has 26 aromatic carbocycles. The zero-order valence-corrected chi connectivity index (χ0v) is 57.7. The van der Waals surface area contributed by atoms with Crippen LogP contribution in [-0.4, -0.2) is 11.8 Å². The normalized spacial score (nSPS) is 13.6. The van der Waals surface area contributed by atoms with E-state index in [4.69, 9.17) is 11.5 Å². The van der Waals surface area contributed by atoms with Crippen molar-refractivity contribution in [2.45, 2.75) is 81.1 Å². The van der Waals surface area contributed by atoms with E-state index >= 15 is 0 Å². The van der Waals surface area contributed by atoms with Crippen LogP contribution in [0.3, 0.4) is 0 Å². The Morgan fingerprint density at radius 3 is 0.431 bits per heavy atom. The predicted octanol–water partition coefficient (Wildman–Crippen LogP) is 25.6. The molecule has 4 heteroatoms. The third-order valence-electron chi connectivity index (χ3n) is 26.1. The molecule has 102 heavy (non-hydrogen) atoms. The first-order valence-electron chi connectivity index (χ1n) is 36.5. The summed E-state index contributed by atoms with van der Waals surface area (Å²) < 4.78 is 0. The van der Waals surface area contributed by atoms with Gasteiger partial charge in [0.1, 0.15) is 0 Å². The van der Waals surface area contributed by atoms with E-state index in [1.807, 2.05) is 0 Å². The summed E-state index contributed by atoms with van der Waals surface area (Å²) in [5.41, 5.74) is 26.6. The summed E-state index contributed by atoms with van der Waals surface area (Å²) in [6, 6.07) is 60.0. The second-order valence-corrected chi connectivity index (χ2v) is 32.3. The Kier molecular flexibility index (Phi) is 8.93. The number of hydrogen-bond acceptors (Lipinski definition) is 2. The van der Waals surface area contributed by atoms with Crippen molar-refractivity contribution < 1.29 is 9.59 Å². The summed E-state index contributed by atoms with van der Waals surface area (Å²) in [6.45, 7) is 18.4. The van der Waals surface area contributed by atoms with Gasteiger partial charge in [0, 0.05) is 12.8 Å². The lowest BCUT2D eigenvalue weighted by molar-refractivity contribution is -0.118. The van der Waals surface area contributed by atoms with Crippen LogP contribution in [0, 0.1) is 55.4 Å². The summed E-state index contributed by atoms with van der Waals surface area (Å²) in [4.78, 5) is 25.2. The number of amides is 2. The molecule has 0 saturated carbocycles. The largest absolute Gasteiger partial charge is 0.370 e. The van der Waals surface area contributed by atoms with Gasteiger partial charge in [-0.2, -0.15) is 0 Å². The lowest BCUT2D eigenvalue weighted by atomic mass is 9.72.